The second kappa shape index (κ2) is 8.12. The van der Waals surface area contributed by atoms with Gasteiger partial charge in [-0.2, -0.15) is 4.39 Å². The molecule has 2 aromatic rings. The van der Waals surface area contributed by atoms with Crippen LogP contribution in [-0.4, -0.2) is 39.1 Å². The number of anilines is 1. The van der Waals surface area contributed by atoms with Crippen LogP contribution in [0.5, 0.6) is 0 Å². The third-order valence-corrected chi connectivity index (χ3v) is 4.69. The Labute approximate surface area is 161 Å². The molecule has 9 heteroatoms. The molecular weight excluding hydrogens is 365 g/mol. The van der Waals surface area contributed by atoms with Crippen LogP contribution in [0.4, 0.5) is 10.1 Å². The first-order valence-corrected chi connectivity index (χ1v) is 8.83. The molecule has 3 rings (SSSR count). The fraction of sp³-hybridized carbons (Fsp3) is 0.316. The van der Waals surface area contributed by atoms with Gasteiger partial charge in [0.2, 0.25) is 11.9 Å². The van der Waals surface area contributed by atoms with E-state index >= 15 is 0 Å². The first-order chi connectivity index (χ1) is 13.3. The topological polar surface area (TPSA) is 118 Å². The van der Waals surface area contributed by atoms with Crippen LogP contribution in [0.25, 0.3) is 0 Å². The van der Waals surface area contributed by atoms with Gasteiger partial charge in [-0.25, -0.2) is 4.98 Å². The summed E-state index contributed by atoms with van der Waals surface area (Å²) >= 11 is 0. The number of piperidine rings is 1. The zero-order valence-corrected chi connectivity index (χ0v) is 15.3. The molecule has 1 saturated heterocycles. The molecule has 0 bridgehead atoms. The molecule has 0 aliphatic carbocycles. The number of amides is 3. The number of nitrogens with zero attached hydrogens (tertiary/aromatic N) is 3. The van der Waals surface area contributed by atoms with Crippen molar-refractivity contribution in [3.05, 3.63) is 53.9 Å². The van der Waals surface area contributed by atoms with Gasteiger partial charge in [0.15, 0.2) is 0 Å². The van der Waals surface area contributed by atoms with Crippen molar-refractivity contribution in [3.63, 3.8) is 0 Å². The minimum atomic E-state index is -0.849. The van der Waals surface area contributed by atoms with Crippen LogP contribution in [0, 0.1) is 11.9 Å². The highest BCUT2D eigenvalue weighted by atomic mass is 19.1. The molecule has 2 aromatic heterocycles. The first-order valence-electron chi connectivity index (χ1n) is 8.83. The lowest BCUT2D eigenvalue weighted by Crippen LogP contribution is -2.46. The van der Waals surface area contributed by atoms with Crippen LogP contribution in [0.15, 0.2) is 36.8 Å². The molecular formula is C19H20FN5O3. The summed E-state index contributed by atoms with van der Waals surface area (Å²) in [7, 11) is 0. The molecule has 0 aromatic carbocycles. The van der Waals surface area contributed by atoms with E-state index in [1.165, 1.54) is 35.6 Å². The number of nitrogens with two attached hydrogens (primary N) is 1. The Balaban J connectivity index is 1.79. The number of primary amides is 1. The number of nitrogens with one attached hydrogen (secondary N) is 1. The molecule has 28 heavy (non-hydrogen) atoms. The maximum absolute atomic E-state index is 13.1. The second-order valence-electron chi connectivity index (χ2n) is 6.85. The minimum absolute atomic E-state index is 0.118. The normalized spacial score (nSPS) is 19.1. The first kappa shape index (κ1) is 19.4. The Hall–Kier alpha value is -3.36. The van der Waals surface area contributed by atoms with Crippen LogP contribution in [0.1, 0.15) is 41.7 Å². The molecule has 8 nitrogen and oxygen atoms in total. The summed E-state index contributed by atoms with van der Waals surface area (Å²) in [6, 6.07) is 3.79. The van der Waals surface area contributed by atoms with Crippen molar-refractivity contribution in [2.75, 3.05) is 11.9 Å². The Kier molecular flexibility index (Phi) is 5.62. The standard InChI is InChI=1S/C19H20FN5O3/c1-11-2-4-15(12-3-5-16(20)23-8-12)25(10-11)19(28)18(27)24-14-6-13(17(21)26)7-22-9-14/h3,5-9,11,15H,2,4,10H2,1H3,(H2,21,26)(H,24,27)/t11-,15+/m0/s1. The highest BCUT2D eigenvalue weighted by molar-refractivity contribution is 6.39. The smallest absolute Gasteiger partial charge is 0.313 e. The number of carbonyl (C=O) groups is 3. The predicted molar refractivity (Wildman–Crippen MR) is 98.4 cm³/mol. The molecule has 146 valence electrons. The zero-order chi connectivity index (χ0) is 20.3. The van der Waals surface area contributed by atoms with Crippen LogP contribution in [0.2, 0.25) is 0 Å². The van der Waals surface area contributed by atoms with Gasteiger partial charge in [0.1, 0.15) is 0 Å². The summed E-state index contributed by atoms with van der Waals surface area (Å²) in [4.78, 5) is 45.5. The van der Waals surface area contributed by atoms with Crippen molar-refractivity contribution >= 4 is 23.4 Å². The lowest BCUT2D eigenvalue weighted by Gasteiger charge is -2.38. The molecule has 2 atom stereocenters. The van der Waals surface area contributed by atoms with Gasteiger partial charge in [-0.05, 0) is 36.5 Å². The maximum atomic E-state index is 13.1. The van der Waals surface area contributed by atoms with Crippen LogP contribution < -0.4 is 11.1 Å². The summed E-state index contributed by atoms with van der Waals surface area (Å²) in [6.45, 7) is 2.39. The molecule has 0 spiro atoms. The summed E-state index contributed by atoms with van der Waals surface area (Å²) in [5.41, 5.74) is 6.18. The molecule has 1 aliphatic rings. The van der Waals surface area contributed by atoms with Gasteiger partial charge in [-0.1, -0.05) is 13.0 Å². The highest BCUT2D eigenvalue weighted by Gasteiger charge is 2.34. The van der Waals surface area contributed by atoms with Crippen molar-refractivity contribution in [1.82, 2.24) is 14.9 Å². The average Bonchev–Trinajstić information content (AvgIpc) is 2.68. The van der Waals surface area contributed by atoms with E-state index in [1.54, 1.807) is 6.07 Å². The monoisotopic (exact) mass is 385 g/mol. The molecule has 3 heterocycles. The SMILES string of the molecule is C[C@H]1CC[C@H](c2ccc(F)nc2)N(C(=O)C(=O)Nc2cncc(C(N)=O)c2)C1. The molecule has 0 unspecified atom stereocenters. The Bertz CT molecular complexity index is 903. The molecule has 0 saturated carbocycles. The fourth-order valence-corrected chi connectivity index (χ4v) is 3.27. The lowest BCUT2D eigenvalue weighted by molar-refractivity contribution is -0.146. The Morgan fingerprint density at radius 2 is 2.00 bits per heavy atom. The molecule has 1 aliphatic heterocycles. The third-order valence-electron chi connectivity index (χ3n) is 4.69. The van der Waals surface area contributed by atoms with E-state index < -0.39 is 23.7 Å². The van der Waals surface area contributed by atoms with E-state index in [0.717, 1.165) is 6.42 Å². The van der Waals surface area contributed by atoms with Gasteiger partial charge in [-0.3, -0.25) is 19.4 Å². The maximum Gasteiger partial charge on any atom is 0.313 e. The van der Waals surface area contributed by atoms with E-state index in [1.807, 2.05) is 6.92 Å². The van der Waals surface area contributed by atoms with Gasteiger partial charge in [0, 0.05) is 18.9 Å². The van der Waals surface area contributed by atoms with Gasteiger partial charge >= 0.3 is 11.8 Å². The summed E-state index contributed by atoms with van der Waals surface area (Å²) < 4.78 is 13.1. The van der Waals surface area contributed by atoms with E-state index in [0.29, 0.717) is 18.5 Å². The number of halogens is 1. The van der Waals surface area contributed by atoms with E-state index in [9.17, 15) is 18.8 Å². The molecule has 0 radical (unpaired) electrons. The number of aromatic nitrogens is 2. The van der Waals surface area contributed by atoms with Crippen molar-refractivity contribution in [2.45, 2.75) is 25.8 Å². The van der Waals surface area contributed by atoms with Crippen molar-refractivity contribution in [1.29, 1.82) is 0 Å². The van der Waals surface area contributed by atoms with Crippen LogP contribution in [0.3, 0.4) is 0 Å². The number of hydrogen-bond acceptors (Lipinski definition) is 5. The predicted octanol–water partition coefficient (Wildman–Crippen LogP) is 1.65. The quantitative estimate of drug-likeness (QED) is 0.615. The summed E-state index contributed by atoms with van der Waals surface area (Å²) in [5, 5.41) is 2.45. The number of hydrogen-bond donors (Lipinski definition) is 2. The fourth-order valence-electron chi connectivity index (χ4n) is 3.27. The van der Waals surface area contributed by atoms with Gasteiger partial charge in [-0.15, -0.1) is 0 Å². The molecule has 3 N–H and O–H groups in total. The molecule has 1 fully saturated rings. The number of carbonyl (C=O) groups excluding carboxylic acids is 3. The largest absolute Gasteiger partial charge is 0.366 e. The van der Waals surface area contributed by atoms with Gasteiger partial charge < -0.3 is 16.0 Å². The van der Waals surface area contributed by atoms with Crippen LogP contribution >= 0.6 is 0 Å². The van der Waals surface area contributed by atoms with Crippen LogP contribution in [-0.2, 0) is 9.59 Å². The zero-order valence-electron chi connectivity index (χ0n) is 15.3. The number of rotatable bonds is 3. The average molecular weight is 385 g/mol. The number of pyridine rings is 2. The van der Waals surface area contributed by atoms with Crippen molar-refractivity contribution in [2.24, 2.45) is 11.7 Å². The number of likely N-dealkylation sites (tertiary alicyclic amines) is 1. The van der Waals surface area contributed by atoms with Crippen molar-refractivity contribution in [3.8, 4) is 0 Å². The van der Waals surface area contributed by atoms with Gasteiger partial charge in [0.25, 0.3) is 0 Å². The Morgan fingerprint density at radius 3 is 2.68 bits per heavy atom. The third kappa shape index (κ3) is 4.30. The Morgan fingerprint density at radius 1 is 1.21 bits per heavy atom. The van der Waals surface area contributed by atoms with E-state index in [-0.39, 0.29) is 23.2 Å². The summed E-state index contributed by atoms with van der Waals surface area (Å²) in [5.74, 6) is -2.64. The van der Waals surface area contributed by atoms with E-state index in [4.69, 9.17) is 5.73 Å². The second-order valence-corrected chi connectivity index (χ2v) is 6.85. The molecule has 3 amide bonds. The van der Waals surface area contributed by atoms with E-state index in [2.05, 4.69) is 15.3 Å². The highest BCUT2D eigenvalue weighted by Crippen LogP contribution is 2.33. The lowest BCUT2D eigenvalue weighted by atomic mass is 9.90. The summed E-state index contributed by atoms with van der Waals surface area (Å²) in [6.07, 6.45) is 5.49. The minimum Gasteiger partial charge on any atom is -0.366 e. The van der Waals surface area contributed by atoms with Gasteiger partial charge in [0.05, 0.1) is 23.5 Å². The van der Waals surface area contributed by atoms with Crippen molar-refractivity contribution < 1.29 is 18.8 Å².